The molecule has 0 aromatic rings. The molecule has 0 unspecified atom stereocenters. The molecule has 1 radical (unpaired) electrons. The molecule has 0 fully saturated rings. The minimum absolute atomic E-state index is 0. The van der Waals surface area contributed by atoms with Crippen molar-refractivity contribution in [1.29, 1.82) is 0 Å². The van der Waals surface area contributed by atoms with E-state index in [-0.39, 0.29) is 34.0 Å². The van der Waals surface area contributed by atoms with Crippen molar-refractivity contribution in [3.63, 3.8) is 0 Å². The third kappa shape index (κ3) is 18.4. The van der Waals surface area contributed by atoms with Gasteiger partial charge < -0.3 is 21.8 Å². The Labute approximate surface area is 66.3 Å². The van der Waals surface area contributed by atoms with Gasteiger partial charge in [0.1, 0.15) is 0 Å². The van der Waals surface area contributed by atoms with E-state index < -0.39 is 11.9 Å². The molecule has 0 saturated carbocycles. The first-order valence-corrected chi connectivity index (χ1v) is 1.11. The van der Waals surface area contributed by atoms with E-state index in [4.69, 9.17) is 19.8 Å². The number of hydrogen-bond donors (Lipinski definition) is 3. The third-order valence-electron chi connectivity index (χ3n) is 0.183. The summed E-state index contributed by atoms with van der Waals surface area (Å²) in [7, 11) is 0. The topological polar surface area (TPSA) is 141 Å². The van der Waals surface area contributed by atoms with E-state index in [1.54, 1.807) is 0 Å². The fraction of sp³-hybridized carbons (Fsp3) is 0. The van der Waals surface area contributed by atoms with Crippen molar-refractivity contribution in [2.75, 3.05) is 0 Å². The van der Waals surface area contributed by atoms with Gasteiger partial charge in [0, 0.05) is 22.4 Å². The van der Waals surface area contributed by atoms with Gasteiger partial charge in [0.25, 0.3) is 0 Å². The smallest absolute Gasteiger partial charge is 0.414 e. The standard InChI is InChI=1S/C2H2O4.H3N.Nb.H2O/c3-1(4)2(5)6;;;/h(H,3,4)(H,5,6);1H3;;1H2. The zero-order chi connectivity index (χ0) is 5.15. The molecule has 0 aliphatic heterocycles. The van der Waals surface area contributed by atoms with Crippen LogP contribution in [-0.4, -0.2) is 27.6 Å². The van der Waals surface area contributed by atoms with Gasteiger partial charge in [0.05, 0.1) is 0 Å². The number of hydrogen-bond acceptors (Lipinski definition) is 3. The zero-order valence-electron chi connectivity index (χ0n) is 4.37. The van der Waals surface area contributed by atoms with E-state index in [0.29, 0.717) is 0 Å². The van der Waals surface area contributed by atoms with E-state index >= 15 is 0 Å². The van der Waals surface area contributed by atoms with E-state index in [0.717, 1.165) is 0 Å². The minimum atomic E-state index is -1.82. The summed E-state index contributed by atoms with van der Waals surface area (Å²) in [5.41, 5.74) is 0. The largest absolute Gasteiger partial charge is 0.473 e. The van der Waals surface area contributed by atoms with Crippen molar-refractivity contribution in [1.82, 2.24) is 6.15 Å². The zero-order valence-corrected chi connectivity index (χ0v) is 6.56. The molecule has 55 valence electrons. The fourth-order valence-electron chi connectivity index (χ4n) is 0. The molecule has 0 aliphatic carbocycles. The summed E-state index contributed by atoms with van der Waals surface area (Å²) in [5.74, 6) is -3.65. The SMILES string of the molecule is N.O.O=C(O)C(=O)O.[Nb]. The maximum Gasteiger partial charge on any atom is 0.414 e. The van der Waals surface area contributed by atoms with Crippen molar-refractivity contribution >= 4 is 11.9 Å². The van der Waals surface area contributed by atoms with Crippen molar-refractivity contribution < 1.29 is 47.7 Å². The van der Waals surface area contributed by atoms with Crippen LogP contribution in [0.1, 0.15) is 0 Å². The molecular weight excluding hydrogens is 211 g/mol. The average Bonchev–Trinajstić information content (AvgIpc) is 1.36. The number of aliphatic carboxylic acids is 2. The Bertz CT molecular complexity index is 81.0. The third-order valence-corrected chi connectivity index (χ3v) is 0.183. The van der Waals surface area contributed by atoms with Crippen LogP contribution < -0.4 is 6.15 Å². The summed E-state index contributed by atoms with van der Waals surface area (Å²) >= 11 is 0. The summed E-state index contributed by atoms with van der Waals surface area (Å²) in [6, 6.07) is 0. The van der Waals surface area contributed by atoms with Gasteiger partial charge in [-0.3, -0.25) is 0 Å². The Morgan fingerprint density at radius 1 is 1.00 bits per heavy atom. The number of carbonyl (C=O) groups is 2. The molecule has 0 bridgehead atoms. The maximum atomic E-state index is 9.10. The normalized spacial score (nSPS) is 4.89. The Morgan fingerprint density at radius 3 is 1.11 bits per heavy atom. The van der Waals surface area contributed by atoms with E-state index in [1.165, 1.54) is 0 Å². The number of carboxylic acids is 2. The predicted octanol–water partition coefficient (Wildman–Crippen LogP) is -1.51. The van der Waals surface area contributed by atoms with Crippen molar-refractivity contribution in [2.45, 2.75) is 0 Å². The molecule has 0 rings (SSSR count). The van der Waals surface area contributed by atoms with Crippen molar-refractivity contribution in [3.8, 4) is 0 Å². The van der Waals surface area contributed by atoms with Crippen molar-refractivity contribution in [3.05, 3.63) is 0 Å². The van der Waals surface area contributed by atoms with Crippen molar-refractivity contribution in [2.24, 2.45) is 0 Å². The first-order valence-electron chi connectivity index (χ1n) is 1.11. The molecular formula is C2H7NNbO5. The van der Waals surface area contributed by atoms with Gasteiger partial charge in [-0.1, -0.05) is 0 Å². The molecule has 0 aromatic carbocycles. The summed E-state index contributed by atoms with van der Waals surface area (Å²) < 4.78 is 0. The van der Waals surface area contributed by atoms with Gasteiger partial charge in [-0.15, -0.1) is 0 Å². The summed E-state index contributed by atoms with van der Waals surface area (Å²) in [4.78, 5) is 18.2. The van der Waals surface area contributed by atoms with E-state index in [1.807, 2.05) is 0 Å². The first kappa shape index (κ1) is 23.5. The fourth-order valence-corrected chi connectivity index (χ4v) is 0. The van der Waals surface area contributed by atoms with Gasteiger partial charge in [-0.05, 0) is 0 Å². The number of rotatable bonds is 0. The van der Waals surface area contributed by atoms with Crippen LogP contribution in [0.5, 0.6) is 0 Å². The van der Waals surface area contributed by atoms with Crippen LogP contribution in [0.25, 0.3) is 0 Å². The Kier molecular flexibility index (Phi) is 27.5. The van der Waals surface area contributed by atoms with E-state index in [2.05, 4.69) is 0 Å². The predicted molar refractivity (Wildman–Crippen MR) is 23.9 cm³/mol. The molecule has 0 amide bonds. The summed E-state index contributed by atoms with van der Waals surface area (Å²) in [6.45, 7) is 0. The van der Waals surface area contributed by atoms with Crippen LogP contribution in [0.2, 0.25) is 0 Å². The van der Waals surface area contributed by atoms with E-state index in [9.17, 15) is 0 Å². The molecule has 7 N–H and O–H groups in total. The molecule has 0 aromatic heterocycles. The van der Waals surface area contributed by atoms with Gasteiger partial charge in [0.2, 0.25) is 0 Å². The van der Waals surface area contributed by atoms with Gasteiger partial charge in [-0.25, -0.2) is 9.59 Å². The molecule has 0 spiro atoms. The monoisotopic (exact) mass is 218 g/mol. The first-order chi connectivity index (χ1) is 2.64. The summed E-state index contributed by atoms with van der Waals surface area (Å²) in [5, 5.41) is 14.8. The second-order valence-electron chi connectivity index (χ2n) is 0.610. The van der Waals surface area contributed by atoms with Crippen LogP contribution in [0.15, 0.2) is 0 Å². The molecule has 0 heterocycles. The molecule has 0 aliphatic rings. The minimum Gasteiger partial charge on any atom is -0.473 e. The van der Waals surface area contributed by atoms with Gasteiger partial charge in [-0.2, -0.15) is 0 Å². The number of carboxylic acid groups (broad SMARTS) is 2. The Hall–Kier alpha value is -0.400. The molecule has 9 heavy (non-hydrogen) atoms. The van der Waals surface area contributed by atoms with Gasteiger partial charge in [0.15, 0.2) is 0 Å². The van der Waals surface area contributed by atoms with Crippen LogP contribution in [-0.2, 0) is 32.0 Å². The summed E-state index contributed by atoms with van der Waals surface area (Å²) in [6.07, 6.45) is 0. The van der Waals surface area contributed by atoms with Gasteiger partial charge >= 0.3 is 11.9 Å². The van der Waals surface area contributed by atoms with Crippen LogP contribution in [0.4, 0.5) is 0 Å². The second kappa shape index (κ2) is 10.6. The Balaban J connectivity index is -0.0000000417. The quantitative estimate of drug-likeness (QED) is 0.334. The molecule has 7 heteroatoms. The molecule has 6 nitrogen and oxygen atoms in total. The molecule has 0 atom stereocenters. The second-order valence-corrected chi connectivity index (χ2v) is 0.610. The Morgan fingerprint density at radius 2 is 1.11 bits per heavy atom. The maximum absolute atomic E-state index is 9.10. The van der Waals surface area contributed by atoms with Crippen LogP contribution in [0.3, 0.4) is 0 Å². The molecule has 0 saturated heterocycles. The average molecular weight is 218 g/mol. The van der Waals surface area contributed by atoms with Crippen LogP contribution >= 0.6 is 0 Å². The van der Waals surface area contributed by atoms with Crippen LogP contribution in [0, 0.1) is 0 Å².